The van der Waals surface area contributed by atoms with Crippen molar-refractivity contribution >= 4 is 27.5 Å². The van der Waals surface area contributed by atoms with Crippen molar-refractivity contribution in [2.24, 2.45) is 5.73 Å². The Morgan fingerprint density at radius 2 is 2.22 bits per heavy atom. The van der Waals surface area contributed by atoms with Gasteiger partial charge < -0.3 is 16.0 Å². The lowest BCUT2D eigenvalue weighted by atomic mass is 10.1. The molecule has 2 atom stereocenters. The molecule has 4 nitrogen and oxygen atoms in total. The average molecular weight is 312 g/mol. The maximum absolute atomic E-state index is 12.0. The van der Waals surface area contributed by atoms with Crippen molar-refractivity contribution in [1.82, 2.24) is 5.32 Å². The Kier molecular flexibility index (Phi) is 4.24. The van der Waals surface area contributed by atoms with E-state index in [2.05, 4.69) is 33.1 Å². The quantitative estimate of drug-likeness (QED) is 0.870. The number of nitrogens with two attached hydrogens (primary N) is 1. The summed E-state index contributed by atoms with van der Waals surface area (Å²) >= 11 is 3.55. The molecule has 0 aliphatic carbocycles. The van der Waals surface area contributed by atoms with Crippen molar-refractivity contribution < 1.29 is 4.79 Å². The molecule has 2 unspecified atom stereocenters. The summed E-state index contributed by atoms with van der Waals surface area (Å²) in [6, 6.07) is 7.91. The zero-order valence-electron chi connectivity index (χ0n) is 10.4. The third-order valence-corrected chi connectivity index (χ3v) is 4.00. The van der Waals surface area contributed by atoms with Crippen LogP contribution in [0.25, 0.3) is 0 Å². The molecular weight excluding hydrogens is 294 g/mol. The molecule has 5 heteroatoms. The van der Waals surface area contributed by atoms with Crippen molar-refractivity contribution in [3.63, 3.8) is 0 Å². The topological polar surface area (TPSA) is 58.4 Å². The summed E-state index contributed by atoms with van der Waals surface area (Å²) in [7, 11) is 0. The first-order chi connectivity index (χ1) is 8.65. The minimum atomic E-state index is -0.304. The second-order valence-electron chi connectivity index (χ2n) is 4.54. The van der Waals surface area contributed by atoms with Gasteiger partial charge in [-0.05, 0) is 41.4 Å². The predicted molar refractivity (Wildman–Crippen MR) is 76.6 cm³/mol. The van der Waals surface area contributed by atoms with Gasteiger partial charge >= 0.3 is 0 Å². The van der Waals surface area contributed by atoms with E-state index in [-0.39, 0.29) is 18.0 Å². The molecule has 3 N–H and O–H groups in total. The van der Waals surface area contributed by atoms with Gasteiger partial charge in [0, 0.05) is 23.6 Å². The normalized spacial score (nSPS) is 24.6. The standard InChI is InChI=1S/C13H18BrN3O/c1-9-6-7-16-13(18)12(8-15)17(9)11-5-3-2-4-10(11)14/h2-5,9,12H,6-8,15H2,1H3,(H,16,18). The van der Waals surface area contributed by atoms with Crippen LogP contribution in [0.1, 0.15) is 13.3 Å². The first-order valence-electron chi connectivity index (χ1n) is 6.15. The van der Waals surface area contributed by atoms with E-state index in [1.165, 1.54) is 0 Å². The monoisotopic (exact) mass is 311 g/mol. The second-order valence-corrected chi connectivity index (χ2v) is 5.39. The third-order valence-electron chi connectivity index (χ3n) is 3.33. The van der Waals surface area contributed by atoms with Gasteiger partial charge in [-0.25, -0.2) is 0 Å². The fourth-order valence-corrected chi connectivity index (χ4v) is 2.87. The number of benzene rings is 1. The van der Waals surface area contributed by atoms with Crippen molar-refractivity contribution in [3.05, 3.63) is 28.7 Å². The van der Waals surface area contributed by atoms with Gasteiger partial charge in [0.15, 0.2) is 0 Å². The van der Waals surface area contributed by atoms with E-state index < -0.39 is 0 Å². The molecule has 0 bridgehead atoms. The molecule has 1 aliphatic heterocycles. The Hall–Kier alpha value is -1.07. The van der Waals surface area contributed by atoms with Crippen LogP contribution in [0, 0.1) is 0 Å². The molecule has 1 saturated heterocycles. The summed E-state index contributed by atoms with van der Waals surface area (Å²) in [5.41, 5.74) is 6.81. The fraction of sp³-hybridized carbons (Fsp3) is 0.462. The first-order valence-corrected chi connectivity index (χ1v) is 6.95. The highest BCUT2D eigenvalue weighted by Crippen LogP contribution is 2.30. The number of carbonyl (C=O) groups excluding carboxylic acids is 1. The molecule has 98 valence electrons. The van der Waals surface area contributed by atoms with E-state index in [4.69, 9.17) is 5.73 Å². The number of nitrogens with one attached hydrogen (secondary N) is 1. The fourth-order valence-electron chi connectivity index (χ4n) is 2.38. The summed E-state index contributed by atoms with van der Waals surface area (Å²) in [5.74, 6) is 0.0117. The summed E-state index contributed by atoms with van der Waals surface area (Å²) in [4.78, 5) is 14.2. The zero-order chi connectivity index (χ0) is 13.1. The van der Waals surface area contributed by atoms with Crippen LogP contribution in [0.5, 0.6) is 0 Å². The Bertz CT molecular complexity index is 438. The van der Waals surface area contributed by atoms with Crippen LogP contribution in [0.2, 0.25) is 0 Å². The van der Waals surface area contributed by atoms with Crippen LogP contribution >= 0.6 is 15.9 Å². The van der Waals surface area contributed by atoms with Crippen LogP contribution in [-0.4, -0.2) is 31.1 Å². The average Bonchev–Trinajstić information content (AvgIpc) is 2.49. The van der Waals surface area contributed by atoms with Gasteiger partial charge in [0.25, 0.3) is 0 Å². The van der Waals surface area contributed by atoms with Crippen molar-refractivity contribution in [2.75, 3.05) is 18.0 Å². The Labute approximate surface area is 116 Å². The molecule has 0 radical (unpaired) electrons. The van der Waals surface area contributed by atoms with E-state index >= 15 is 0 Å². The van der Waals surface area contributed by atoms with Gasteiger partial charge in [0.05, 0.1) is 5.69 Å². The highest BCUT2D eigenvalue weighted by molar-refractivity contribution is 9.10. The van der Waals surface area contributed by atoms with Crippen LogP contribution in [-0.2, 0) is 4.79 Å². The van der Waals surface area contributed by atoms with E-state index in [1.807, 2.05) is 24.3 Å². The third kappa shape index (κ3) is 2.52. The van der Waals surface area contributed by atoms with E-state index in [1.54, 1.807) is 0 Å². The van der Waals surface area contributed by atoms with E-state index in [9.17, 15) is 4.79 Å². The SMILES string of the molecule is CC1CCNC(=O)C(CN)N1c1ccccc1Br. The van der Waals surface area contributed by atoms with Crippen LogP contribution in [0.3, 0.4) is 0 Å². The predicted octanol–water partition coefficient (Wildman–Crippen LogP) is 1.49. The lowest BCUT2D eigenvalue weighted by Gasteiger charge is -2.35. The van der Waals surface area contributed by atoms with Crippen LogP contribution in [0.15, 0.2) is 28.7 Å². The molecule has 2 rings (SSSR count). The number of para-hydroxylation sites is 1. The molecule has 1 fully saturated rings. The van der Waals surface area contributed by atoms with Crippen molar-refractivity contribution in [2.45, 2.75) is 25.4 Å². The number of amides is 1. The Balaban J connectivity index is 2.42. The number of hydrogen-bond donors (Lipinski definition) is 2. The maximum Gasteiger partial charge on any atom is 0.244 e. The molecule has 0 spiro atoms. The van der Waals surface area contributed by atoms with Gasteiger partial charge in [-0.2, -0.15) is 0 Å². The van der Waals surface area contributed by atoms with E-state index in [0.29, 0.717) is 13.1 Å². The smallest absolute Gasteiger partial charge is 0.244 e. The molecule has 0 saturated carbocycles. The molecule has 1 amide bonds. The lowest BCUT2D eigenvalue weighted by molar-refractivity contribution is -0.121. The molecular formula is C13H18BrN3O. The van der Waals surface area contributed by atoms with Gasteiger partial charge in [0.1, 0.15) is 6.04 Å². The highest BCUT2D eigenvalue weighted by atomic mass is 79.9. The Morgan fingerprint density at radius 1 is 1.50 bits per heavy atom. The number of rotatable bonds is 2. The molecule has 1 aromatic rings. The second kappa shape index (κ2) is 5.71. The number of halogens is 1. The van der Waals surface area contributed by atoms with Crippen LogP contribution < -0.4 is 16.0 Å². The minimum absolute atomic E-state index is 0.0117. The molecule has 1 aliphatic rings. The molecule has 1 aromatic carbocycles. The summed E-state index contributed by atoms with van der Waals surface area (Å²) in [5, 5.41) is 2.92. The van der Waals surface area contributed by atoms with Crippen LogP contribution in [0.4, 0.5) is 5.69 Å². The number of hydrogen-bond acceptors (Lipinski definition) is 3. The highest BCUT2D eigenvalue weighted by Gasteiger charge is 2.32. The number of anilines is 1. The largest absolute Gasteiger partial charge is 0.355 e. The molecule has 18 heavy (non-hydrogen) atoms. The lowest BCUT2D eigenvalue weighted by Crippen LogP contribution is -2.51. The van der Waals surface area contributed by atoms with Gasteiger partial charge in [-0.15, -0.1) is 0 Å². The number of carbonyl (C=O) groups is 1. The molecule has 0 aromatic heterocycles. The van der Waals surface area contributed by atoms with Crippen molar-refractivity contribution in [3.8, 4) is 0 Å². The zero-order valence-corrected chi connectivity index (χ0v) is 12.0. The van der Waals surface area contributed by atoms with Gasteiger partial charge in [0.2, 0.25) is 5.91 Å². The summed E-state index contributed by atoms with van der Waals surface area (Å²) < 4.78 is 0.991. The summed E-state index contributed by atoms with van der Waals surface area (Å²) in [6.45, 7) is 3.15. The summed E-state index contributed by atoms with van der Waals surface area (Å²) in [6.07, 6.45) is 0.920. The first kappa shape index (κ1) is 13.4. The van der Waals surface area contributed by atoms with Gasteiger partial charge in [-0.1, -0.05) is 12.1 Å². The molecule has 1 heterocycles. The number of nitrogens with zero attached hydrogens (tertiary/aromatic N) is 1. The Morgan fingerprint density at radius 3 is 2.89 bits per heavy atom. The van der Waals surface area contributed by atoms with Gasteiger partial charge in [-0.3, -0.25) is 4.79 Å². The maximum atomic E-state index is 12.0. The van der Waals surface area contributed by atoms with Crippen molar-refractivity contribution in [1.29, 1.82) is 0 Å². The van der Waals surface area contributed by atoms with E-state index in [0.717, 1.165) is 16.6 Å². The minimum Gasteiger partial charge on any atom is -0.355 e.